The molecule has 0 bridgehead atoms. The Morgan fingerprint density at radius 2 is 1.53 bits per heavy atom. The number of hydrogen-bond acceptors (Lipinski definition) is 5. The Morgan fingerprint density at radius 1 is 0.853 bits per heavy atom. The van der Waals surface area contributed by atoms with Crippen molar-refractivity contribution >= 4 is 17.4 Å². The fourth-order valence-electron chi connectivity index (χ4n) is 4.14. The van der Waals surface area contributed by atoms with Crippen molar-refractivity contribution in [3.05, 3.63) is 101 Å². The third-order valence-electron chi connectivity index (χ3n) is 5.66. The van der Waals surface area contributed by atoms with Gasteiger partial charge in [0, 0.05) is 12.1 Å². The number of carbonyl (C=O) groups excluding carboxylic acids is 2. The van der Waals surface area contributed by atoms with Crippen LogP contribution in [0.25, 0.3) is 5.76 Å². The highest BCUT2D eigenvalue weighted by atomic mass is 16.5. The minimum Gasteiger partial charge on any atom is -0.507 e. The van der Waals surface area contributed by atoms with Gasteiger partial charge in [-0.1, -0.05) is 42.5 Å². The molecule has 1 amide bonds. The van der Waals surface area contributed by atoms with E-state index in [-0.39, 0.29) is 17.9 Å². The van der Waals surface area contributed by atoms with Gasteiger partial charge in [-0.05, 0) is 61.4 Å². The van der Waals surface area contributed by atoms with E-state index in [4.69, 9.17) is 9.47 Å². The molecule has 1 heterocycles. The molecular weight excluding hydrogens is 430 g/mol. The van der Waals surface area contributed by atoms with E-state index in [1.807, 2.05) is 68.4 Å². The summed E-state index contributed by atoms with van der Waals surface area (Å²) in [6, 6.07) is 22.8. The molecule has 0 saturated carbocycles. The second kappa shape index (κ2) is 10.3. The molecule has 6 nitrogen and oxygen atoms in total. The minimum atomic E-state index is -0.757. The summed E-state index contributed by atoms with van der Waals surface area (Å²) < 4.78 is 11.1. The number of aliphatic hydroxyl groups is 1. The maximum Gasteiger partial charge on any atom is 0.295 e. The van der Waals surface area contributed by atoms with Crippen LogP contribution >= 0.6 is 0 Å². The summed E-state index contributed by atoms with van der Waals surface area (Å²) in [5.74, 6) is -0.294. The Balaban J connectivity index is 1.82. The number of amides is 1. The average molecular weight is 458 g/mol. The molecule has 4 rings (SSSR count). The minimum absolute atomic E-state index is 0.0544. The summed E-state index contributed by atoms with van der Waals surface area (Å²) in [5.41, 5.74) is 2.07. The lowest BCUT2D eigenvalue weighted by molar-refractivity contribution is -0.140. The van der Waals surface area contributed by atoms with E-state index < -0.39 is 17.7 Å². The second-order valence-electron chi connectivity index (χ2n) is 7.88. The lowest BCUT2D eigenvalue weighted by Crippen LogP contribution is -2.29. The van der Waals surface area contributed by atoms with Gasteiger partial charge in [0.15, 0.2) is 0 Å². The molecule has 1 N–H and O–H groups in total. The number of Topliss-reactive ketones (excluding diaryl/α,β-unsaturated/α-hetero) is 1. The average Bonchev–Trinajstić information content (AvgIpc) is 3.10. The highest BCUT2D eigenvalue weighted by Gasteiger charge is 2.46. The lowest BCUT2D eigenvalue weighted by atomic mass is 9.95. The molecule has 1 fully saturated rings. The summed E-state index contributed by atoms with van der Waals surface area (Å²) in [6.07, 6.45) is 0. The van der Waals surface area contributed by atoms with Gasteiger partial charge in [0.25, 0.3) is 11.7 Å². The number of ether oxygens (including phenoxy) is 2. The molecule has 1 aliphatic heterocycles. The summed E-state index contributed by atoms with van der Waals surface area (Å²) in [7, 11) is 0. The van der Waals surface area contributed by atoms with Crippen LogP contribution in [-0.4, -0.2) is 34.9 Å². The molecule has 1 unspecified atom stereocenters. The molecule has 0 aromatic heterocycles. The normalized spacial score (nSPS) is 17.1. The molecule has 1 atom stereocenters. The van der Waals surface area contributed by atoms with Gasteiger partial charge >= 0.3 is 0 Å². The third-order valence-corrected chi connectivity index (χ3v) is 5.66. The number of likely N-dealkylation sites (tertiary alicyclic amines) is 1. The van der Waals surface area contributed by atoms with Crippen LogP contribution in [0.15, 0.2) is 84.4 Å². The Bertz CT molecular complexity index is 1200. The molecule has 3 aromatic rings. The van der Waals surface area contributed by atoms with Crippen LogP contribution in [-0.2, 0) is 16.1 Å². The first kappa shape index (κ1) is 23.1. The first-order valence-corrected chi connectivity index (χ1v) is 11.3. The molecule has 1 saturated heterocycles. The van der Waals surface area contributed by atoms with Crippen molar-refractivity contribution in [2.24, 2.45) is 0 Å². The quantitative estimate of drug-likeness (QED) is 0.289. The Kier molecular flexibility index (Phi) is 6.97. The van der Waals surface area contributed by atoms with E-state index in [2.05, 4.69) is 0 Å². The zero-order chi connectivity index (χ0) is 24.1. The van der Waals surface area contributed by atoms with Crippen LogP contribution in [0.4, 0.5) is 0 Å². The van der Waals surface area contributed by atoms with E-state index >= 15 is 0 Å². The van der Waals surface area contributed by atoms with Crippen LogP contribution in [0, 0.1) is 0 Å². The standard InChI is InChI=1S/C28H27NO5/c1-3-33-22-15-13-20(14-16-22)26(30)24-25(21-11-8-12-23(17-21)34-4-2)29(28(32)27(24)31)18-19-9-6-5-7-10-19/h5-17,25,30H,3-4,18H2,1-2H3/b26-24+. The largest absolute Gasteiger partial charge is 0.507 e. The number of nitrogens with zero attached hydrogens (tertiary/aromatic N) is 1. The van der Waals surface area contributed by atoms with E-state index in [9.17, 15) is 14.7 Å². The fourth-order valence-corrected chi connectivity index (χ4v) is 4.14. The van der Waals surface area contributed by atoms with E-state index in [0.717, 1.165) is 5.56 Å². The number of ketones is 1. The van der Waals surface area contributed by atoms with E-state index in [0.29, 0.717) is 35.8 Å². The maximum absolute atomic E-state index is 13.2. The van der Waals surface area contributed by atoms with Crippen molar-refractivity contribution in [3.63, 3.8) is 0 Å². The highest BCUT2D eigenvalue weighted by molar-refractivity contribution is 6.46. The van der Waals surface area contributed by atoms with E-state index in [1.54, 1.807) is 24.3 Å². The summed E-state index contributed by atoms with van der Waals surface area (Å²) >= 11 is 0. The van der Waals surface area contributed by atoms with Gasteiger partial charge in [0.05, 0.1) is 24.8 Å². The van der Waals surface area contributed by atoms with Gasteiger partial charge in [-0.25, -0.2) is 0 Å². The topological polar surface area (TPSA) is 76.1 Å². The van der Waals surface area contributed by atoms with Crippen molar-refractivity contribution < 1.29 is 24.2 Å². The Labute approximate surface area is 199 Å². The molecule has 0 radical (unpaired) electrons. The van der Waals surface area contributed by atoms with Gasteiger partial charge < -0.3 is 19.5 Å². The van der Waals surface area contributed by atoms with Crippen LogP contribution in [0.1, 0.15) is 36.6 Å². The Hall–Kier alpha value is -4.06. The van der Waals surface area contributed by atoms with Crippen LogP contribution in [0.3, 0.4) is 0 Å². The summed E-state index contributed by atoms with van der Waals surface area (Å²) in [5, 5.41) is 11.2. The first-order chi connectivity index (χ1) is 16.5. The maximum atomic E-state index is 13.2. The number of benzene rings is 3. The molecule has 1 aliphatic rings. The Morgan fingerprint density at radius 3 is 2.21 bits per heavy atom. The SMILES string of the molecule is CCOc1ccc(/C(O)=C2\C(=O)C(=O)N(Cc3ccccc3)C2c2cccc(OCC)c2)cc1. The fraction of sp³-hybridized carbons (Fsp3) is 0.214. The van der Waals surface area contributed by atoms with E-state index in [1.165, 1.54) is 4.90 Å². The van der Waals surface area contributed by atoms with Crippen molar-refractivity contribution in [2.75, 3.05) is 13.2 Å². The van der Waals surface area contributed by atoms with Gasteiger partial charge in [0.2, 0.25) is 0 Å². The number of hydrogen-bond donors (Lipinski definition) is 1. The van der Waals surface area contributed by atoms with Crippen LogP contribution in [0.5, 0.6) is 11.5 Å². The predicted molar refractivity (Wildman–Crippen MR) is 130 cm³/mol. The zero-order valence-corrected chi connectivity index (χ0v) is 19.2. The van der Waals surface area contributed by atoms with Crippen LogP contribution < -0.4 is 9.47 Å². The van der Waals surface area contributed by atoms with Crippen LogP contribution in [0.2, 0.25) is 0 Å². The molecule has 3 aromatic carbocycles. The molecule has 0 aliphatic carbocycles. The summed E-state index contributed by atoms with van der Waals surface area (Å²) in [4.78, 5) is 27.9. The van der Waals surface area contributed by atoms with Crippen molar-refractivity contribution in [2.45, 2.75) is 26.4 Å². The van der Waals surface area contributed by atoms with Crippen molar-refractivity contribution in [1.29, 1.82) is 0 Å². The molecule has 0 spiro atoms. The first-order valence-electron chi connectivity index (χ1n) is 11.3. The van der Waals surface area contributed by atoms with Gasteiger partial charge in [0.1, 0.15) is 17.3 Å². The van der Waals surface area contributed by atoms with Gasteiger partial charge in [-0.3, -0.25) is 9.59 Å². The number of rotatable bonds is 8. The molecular formula is C28H27NO5. The third kappa shape index (κ3) is 4.66. The number of aliphatic hydroxyl groups excluding tert-OH is 1. The highest BCUT2D eigenvalue weighted by Crippen LogP contribution is 2.41. The lowest BCUT2D eigenvalue weighted by Gasteiger charge is -2.26. The molecule has 6 heteroatoms. The van der Waals surface area contributed by atoms with Crippen molar-refractivity contribution in [3.8, 4) is 11.5 Å². The van der Waals surface area contributed by atoms with Crippen molar-refractivity contribution in [1.82, 2.24) is 4.90 Å². The van der Waals surface area contributed by atoms with Gasteiger partial charge in [-0.15, -0.1) is 0 Å². The number of carbonyl (C=O) groups is 2. The monoisotopic (exact) mass is 457 g/mol. The molecule has 34 heavy (non-hydrogen) atoms. The zero-order valence-electron chi connectivity index (χ0n) is 19.2. The molecule has 174 valence electrons. The summed E-state index contributed by atoms with van der Waals surface area (Å²) in [6.45, 7) is 5.01. The predicted octanol–water partition coefficient (Wildman–Crippen LogP) is 5.11. The van der Waals surface area contributed by atoms with Gasteiger partial charge in [-0.2, -0.15) is 0 Å². The smallest absolute Gasteiger partial charge is 0.295 e. The second-order valence-corrected chi connectivity index (χ2v) is 7.88.